The highest BCUT2D eigenvalue weighted by Gasteiger charge is 2.18. The number of hydrogen-bond donors (Lipinski definition) is 0. The van der Waals surface area contributed by atoms with Crippen LogP contribution in [-0.2, 0) is 4.74 Å². The molecule has 1 atom stereocenters. The molecule has 0 bridgehead atoms. The van der Waals surface area contributed by atoms with Crippen molar-refractivity contribution in [1.29, 1.82) is 0 Å². The predicted octanol–water partition coefficient (Wildman–Crippen LogP) is 3.74. The Morgan fingerprint density at radius 2 is 1.95 bits per heavy atom. The molecule has 0 spiro atoms. The highest BCUT2D eigenvalue weighted by molar-refractivity contribution is 14.1. The summed E-state index contributed by atoms with van der Waals surface area (Å²) in [7, 11) is 0. The second-order valence-electron chi connectivity index (χ2n) is 5.06. The summed E-state index contributed by atoms with van der Waals surface area (Å²) in [6.45, 7) is 5.08. The molecule has 0 aliphatic carbocycles. The van der Waals surface area contributed by atoms with Crippen LogP contribution in [0.4, 0.5) is 0 Å². The molecule has 0 saturated carbocycles. The molecule has 1 unspecified atom stereocenters. The summed E-state index contributed by atoms with van der Waals surface area (Å²) in [6.07, 6.45) is 3.79. The van der Waals surface area contributed by atoms with Gasteiger partial charge in [0.15, 0.2) is 0 Å². The zero-order valence-corrected chi connectivity index (χ0v) is 14.7. The van der Waals surface area contributed by atoms with Crippen LogP contribution in [0.5, 0.6) is 0 Å². The maximum absolute atomic E-state index is 12.1. The fourth-order valence-corrected chi connectivity index (χ4v) is 3.02. The Morgan fingerprint density at radius 3 is 2.60 bits per heavy atom. The van der Waals surface area contributed by atoms with Crippen LogP contribution < -0.4 is 0 Å². The molecule has 0 amide bonds. The highest BCUT2D eigenvalue weighted by atomic mass is 127. The van der Waals surface area contributed by atoms with E-state index in [2.05, 4.69) is 27.5 Å². The molecule has 3 nitrogen and oxygen atoms in total. The average molecular weight is 410 g/mol. The third kappa shape index (κ3) is 5.22. The fraction of sp³-hybridized carbons (Fsp3) is 0.533. The summed E-state index contributed by atoms with van der Waals surface area (Å²) in [6, 6.07) is 7.54. The van der Waals surface area contributed by atoms with E-state index >= 15 is 0 Å². The summed E-state index contributed by atoms with van der Waals surface area (Å²) in [4.78, 5) is 14.5. The molecule has 0 aromatic heterocycles. The molecule has 0 N–H and O–H groups in total. The van der Waals surface area contributed by atoms with Crippen LogP contribution in [0.25, 0.3) is 0 Å². The highest BCUT2D eigenvalue weighted by Crippen LogP contribution is 2.15. The van der Waals surface area contributed by atoms with Gasteiger partial charge >= 0.3 is 5.97 Å². The standard InChI is InChI=1S/C15H20INO2.ClH/c1-12(11-17-9-5-2-6-10-17)19-15(18)13-7-3-4-8-14(13)16;/h3-4,7-8,12H,2,5-6,9-11H2,1H3;1H. The minimum Gasteiger partial charge on any atom is -0.458 e. The molecule has 112 valence electrons. The Kier molecular flexibility index (Phi) is 7.84. The fourth-order valence-electron chi connectivity index (χ4n) is 2.42. The van der Waals surface area contributed by atoms with Gasteiger partial charge in [0.25, 0.3) is 0 Å². The number of likely N-dealkylation sites (tertiary alicyclic amines) is 1. The Morgan fingerprint density at radius 1 is 1.30 bits per heavy atom. The van der Waals surface area contributed by atoms with E-state index in [1.807, 2.05) is 31.2 Å². The second kappa shape index (κ2) is 8.85. The number of ether oxygens (including phenoxy) is 1. The van der Waals surface area contributed by atoms with Gasteiger partial charge in [0, 0.05) is 10.1 Å². The van der Waals surface area contributed by atoms with E-state index in [9.17, 15) is 4.79 Å². The van der Waals surface area contributed by atoms with Crippen molar-refractivity contribution in [2.75, 3.05) is 19.6 Å². The zero-order chi connectivity index (χ0) is 13.7. The largest absolute Gasteiger partial charge is 0.458 e. The normalized spacial score (nSPS) is 17.1. The van der Waals surface area contributed by atoms with Gasteiger partial charge < -0.3 is 4.74 Å². The van der Waals surface area contributed by atoms with E-state index < -0.39 is 0 Å². The number of rotatable bonds is 4. The van der Waals surface area contributed by atoms with E-state index in [1.165, 1.54) is 19.3 Å². The first-order valence-electron chi connectivity index (χ1n) is 6.84. The lowest BCUT2D eigenvalue weighted by Crippen LogP contribution is -2.37. The lowest BCUT2D eigenvalue weighted by Gasteiger charge is -2.28. The molecule has 1 aromatic carbocycles. The minimum absolute atomic E-state index is 0. The van der Waals surface area contributed by atoms with Gasteiger partial charge in [0.2, 0.25) is 0 Å². The Bertz CT molecular complexity index is 436. The van der Waals surface area contributed by atoms with Gasteiger partial charge in [0.05, 0.1) is 5.56 Å². The van der Waals surface area contributed by atoms with E-state index in [1.54, 1.807) is 0 Å². The molecule has 0 radical (unpaired) electrons. The van der Waals surface area contributed by atoms with Gasteiger partial charge in [-0.1, -0.05) is 18.6 Å². The first-order chi connectivity index (χ1) is 9.16. The summed E-state index contributed by atoms with van der Waals surface area (Å²) >= 11 is 2.17. The van der Waals surface area contributed by atoms with Gasteiger partial charge in [-0.3, -0.25) is 4.90 Å². The molecular weight excluding hydrogens is 389 g/mol. The topological polar surface area (TPSA) is 29.5 Å². The lowest BCUT2D eigenvalue weighted by atomic mass is 10.1. The number of halogens is 2. The zero-order valence-electron chi connectivity index (χ0n) is 11.7. The molecule has 1 aliphatic rings. The molecule has 1 saturated heterocycles. The third-order valence-electron chi connectivity index (χ3n) is 3.37. The van der Waals surface area contributed by atoms with Crippen molar-refractivity contribution in [3.05, 3.63) is 33.4 Å². The number of carbonyl (C=O) groups is 1. The maximum Gasteiger partial charge on any atom is 0.339 e. The molecule has 5 heteroatoms. The Hall–Kier alpha value is -0.330. The average Bonchev–Trinajstić information content (AvgIpc) is 2.40. The number of nitrogens with zero attached hydrogens (tertiary/aromatic N) is 1. The van der Waals surface area contributed by atoms with Crippen molar-refractivity contribution >= 4 is 41.0 Å². The predicted molar refractivity (Wildman–Crippen MR) is 91.6 cm³/mol. The number of hydrogen-bond acceptors (Lipinski definition) is 3. The summed E-state index contributed by atoms with van der Waals surface area (Å²) in [5.41, 5.74) is 0.661. The maximum atomic E-state index is 12.1. The van der Waals surface area contributed by atoms with Gasteiger partial charge in [-0.15, -0.1) is 12.4 Å². The van der Waals surface area contributed by atoms with Gasteiger partial charge in [-0.2, -0.15) is 0 Å². The molecule has 1 heterocycles. The molecule has 1 fully saturated rings. The summed E-state index contributed by atoms with van der Waals surface area (Å²) < 4.78 is 6.47. The quantitative estimate of drug-likeness (QED) is 0.560. The van der Waals surface area contributed by atoms with Crippen LogP contribution in [0, 0.1) is 3.57 Å². The van der Waals surface area contributed by atoms with Gasteiger partial charge in [-0.25, -0.2) is 4.79 Å². The third-order valence-corrected chi connectivity index (χ3v) is 4.31. The summed E-state index contributed by atoms with van der Waals surface area (Å²) in [5, 5.41) is 0. The van der Waals surface area contributed by atoms with Crippen LogP contribution in [-0.4, -0.2) is 36.6 Å². The SMILES string of the molecule is CC(CN1CCCCC1)OC(=O)c1ccccc1I.Cl. The number of carbonyl (C=O) groups excluding carboxylic acids is 1. The van der Waals surface area contributed by atoms with Crippen LogP contribution in [0.2, 0.25) is 0 Å². The van der Waals surface area contributed by atoms with E-state index in [4.69, 9.17) is 4.74 Å². The Balaban J connectivity index is 0.00000200. The first-order valence-corrected chi connectivity index (χ1v) is 7.92. The molecule has 1 aromatic rings. The molecule has 20 heavy (non-hydrogen) atoms. The Labute approximate surface area is 140 Å². The van der Waals surface area contributed by atoms with E-state index in [0.29, 0.717) is 5.56 Å². The van der Waals surface area contributed by atoms with Crippen molar-refractivity contribution < 1.29 is 9.53 Å². The van der Waals surface area contributed by atoms with E-state index in [-0.39, 0.29) is 24.5 Å². The molecule has 1 aliphatic heterocycles. The first kappa shape index (κ1) is 17.7. The smallest absolute Gasteiger partial charge is 0.339 e. The van der Waals surface area contributed by atoms with Gasteiger partial charge in [-0.05, 0) is 67.6 Å². The number of esters is 1. The van der Waals surface area contributed by atoms with Crippen LogP contribution in [0.1, 0.15) is 36.5 Å². The second-order valence-corrected chi connectivity index (χ2v) is 6.22. The van der Waals surface area contributed by atoms with E-state index in [0.717, 1.165) is 23.2 Å². The number of piperidine rings is 1. The van der Waals surface area contributed by atoms with Crippen LogP contribution in [0.3, 0.4) is 0 Å². The lowest BCUT2D eigenvalue weighted by molar-refractivity contribution is 0.0234. The molecular formula is C15H21ClINO2. The van der Waals surface area contributed by atoms with Crippen LogP contribution >= 0.6 is 35.0 Å². The molecule has 2 rings (SSSR count). The van der Waals surface area contributed by atoms with Gasteiger partial charge in [0.1, 0.15) is 6.10 Å². The summed E-state index contributed by atoms with van der Waals surface area (Å²) in [5.74, 6) is -0.213. The van der Waals surface area contributed by atoms with Crippen molar-refractivity contribution in [3.8, 4) is 0 Å². The van der Waals surface area contributed by atoms with Crippen molar-refractivity contribution in [1.82, 2.24) is 4.90 Å². The number of benzene rings is 1. The van der Waals surface area contributed by atoms with Crippen molar-refractivity contribution in [2.45, 2.75) is 32.3 Å². The van der Waals surface area contributed by atoms with Crippen molar-refractivity contribution in [3.63, 3.8) is 0 Å². The van der Waals surface area contributed by atoms with Crippen LogP contribution in [0.15, 0.2) is 24.3 Å². The minimum atomic E-state index is -0.213. The monoisotopic (exact) mass is 409 g/mol. The van der Waals surface area contributed by atoms with Crippen molar-refractivity contribution in [2.24, 2.45) is 0 Å².